The van der Waals surface area contributed by atoms with Gasteiger partial charge in [0.2, 0.25) is 11.8 Å². The van der Waals surface area contributed by atoms with E-state index in [4.69, 9.17) is 14.3 Å². The Morgan fingerprint density at radius 2 is 0.933 bits per heavy atom. The number of nitrogens with two attached hydrogens (primary N) is 2. The molecule has 4 fully saturated rings. The number of hydrogen-bond acceptors (Lipinski definition) is 11. The zero-order valence-electron chi connectivity index (χ0n) is 45.1. The number of rotatable bonds is 8. The van der Waals surface area contributed by atoms with Crippen LogP contribution in [0.3, 0.4) is 0 Å². The van der Waals surface area contributed by atoms with E-state index in [2.05, 4.69) is 150 Å². The van der Waals surface area contributed by atoms with Crippen LogP contribution < -0.4 is 11.5 Å². The lowest BCUT2D eigenvalue weighted by Gasteiger charge is -2.29. The highest BCUT2D eigenvalue weighted by Crippen LogP contribution is 2.29. The third-order valence-corrected chi connectivity index (χ3v) is 12.0. The summed E-state index contributed by atoms with van der Waals surface area (Å²) in [5.41, 5.74) is 15.7. The van der Waals surface area contributed by atoms with Gasteiger partial charge in [-0.25, -0.2) is 14.8 Å². The number of likely N-dealkylation sites (tertiary alicyclic amines) is 2. The molecule has 0 atom stereocenters. The molecule has 0 unspecified atom stereocenters. The van der Waals surface area contributed by atoms with E-state index < -0.39 is 6.09 Å². The number of carbonyl (C=O) groups is 4. The number of imidazole rings is 2. The molecule has 16 nitrogen and oxygen atoms in total. The molecule has 4 saturated heterocycles. The largest absolute Gasteiger partial charge is 0.471 e. The van der Waals surface area contributed by atoms with Crippen molar-refractivity contribution in [2.24, 2.45) is 23.3 Å². The number of piperidine rings is 2. The van der Waals surface area contributed by atoms with Gasteiger partial charge in [0.05, 0.1) is 50.7 Å². The van der Waals surface area contributed by atoms with Crippen LogP contribution in [0.2, 0.25) is 0 Å². The molecule has 0 bridgehead atoms. The number of aromatic nitrogens is 4. The van der Waals surface area contributed by atoms with E-state index in [1.807, 2.05) is 26.2 Å². The fraction of sp³-hybridized carbons (Fsp3) is 0.458. The lowest BCUT2D eigenvalue weighted by molar-refractivity contribution is -0.134. The SMILES string of the molecule is C#C.C#C.C#C.CC.CN.COC(N)=O.COC=O.O=C(CC1CCOCC1)N1CCCCC1.O=C(CC1CCOCC1)N1CCCCC1.c1ncc(-c2ccc(-c3ccc4cc(-c5cnc[nH]5)ccc4c3)cc2)[nH]1. The maximum atomic E-state index is 12.0. The van der Waals surface area contributed by atoms with Crippen LogP contribution >= 0.6 is 0 Å². The number of benzene rings is 3. The molecular formula is C59H84N8O8. The van der Waals surface area contributed by atoms with Crippen LogP contribution in [0.15, 0.2) is 85.7 Å². The molecule has 4 aliphatic rings. The van der Waals surface area contributed by atoms with Gasteiger partial charge in [-0.15, -0.1) is 38.5 Å². The molecule has 0 radical (unpaired) electrons. The number of terminal acetylenes is 3. The third kappa shape index (κ3) is 26.9. The summed E-state index contributed by atoms with van der Waals surface area (Å²) in [5.74, 6) is 1.91. The Bertz CT molecular complexity index is 2210. The summed E-state index contributed by atoms with van der Waals surface area (Å²) in [6, 6.07) is 21.6. The van der Waals surface area contributed by atoms with Gasteiger partial charge in [0.15, 0.2) is 0 Å². The second-order valence-electron chi connectivity index (χ2n) is 16.5. The molecule has 4 aliphatic heterocycles. The molecule has 9 rings (SSSR count). The highest BCUT2D eigenvalue weighted by atomic mass is 16.5. The average Bonchev–Trinajstić information content (AvgIpc) is 4.26. The molecule has 75 heavy (non-hydrogen) atoms. The van der Waals surface area contributed by atoms with Crippen LogP contribution in [0, 0.1) is 50.4 Å². The fourth-order valence-corrected chi connectivity index (χ4v) is 8.20. The van der Waals surface area contributed by atoms with Crippen molar-refractivity contribution in [1.29, 1.82) is 0 Å². The Morgan fingerprint density at radius 3 is 1.28 bits per heavy atom. The maximum absolute atomic E-state index is 12.0. The first-order valence-electron chi connectivity index (χ1n) is 25.5. The van der Waals surface area contributed by atoms with Crippen molar-refractivity contribution in [2.75, 3.05) is 73.9 Å². The number of carbonyl (C=O) groups excluding carboxylic acids is 4. The van der Waals surface area contributed by atoms with Gasteiger partial charge in [-0.2, -0.15) is 0 Å². The summed E-state index contributed by atoms with van der Waals surface area (Å²) >= 11 is 0. The van der Waals surface area contributed by atoms with Crippen molar-refractivity contribution in [3.63, 3.8) is 0 Å². The van der Waals surface area contributed by atoms with Crippen molar-refractivity contribution in [3.05, 3.63) is 85.7 Å². The molecule has 0 spiro atoms. The molecule has 0 saturated carbocycles. The van der Waals surface area contributed by atoms with Gasteiger partial charge < -0.3 is 50.2 Å². The monoisotopic (exact) mass is 1030 g/mol. The standard InChI is InChI=1S/C22H16N4.2C12H21NO2.C2H5NO2.C2H4O2.C2H6.3C2H2.CH5N/c1-3-16(21-11-23-13-25-21)4-2-15(1)17-5-6-19-10-20(8-7-18(19)9-17)22-12-24-14-26-22;2*14-12(13-6-2-1-3-7-13)10-11-4-8-15-9-5-11;1-5-2(3)4;1-4-2-3;5*1-2/h1-14H,(H,23,25)(H,24,26);2*11H,1-10H2;1H3,(H2,3,4);2H,1H3;1-2H3;3*1-2H;2H2,1H3. The number of aromatic amines is 2. The Labute approximate surface area is 447 Å². The number of hydrogen-bond donors (Lipinski definition) is 4. The van der Waals surface area contributed by atoms with Gasteiger partial charge in [0.25, 0.3) is 6.47 Å². The Hall–Kier alpha value is -7.42. The smallest absolute Gasteiger partial charge is 0.404 e. The van der Waals surface area contributed by atoms with Crippen molar-refractivity contribution >= 4 is 35.2 Å². The minimum absolute atomic E-state index is 0.375. The third-order valence-electron chi connectivity index (χ3n) is 12.0. The van der Waals surface area contributed by atoms with Crippen LogP contribution in [0.1, 0.15) is 90.9 Å². The van der Waals surface area contributed by atoms with Crippen molar-refractivity contribution < 1.29 is 38.1 Å². The van der Waals surface area contributed by atoms with E-state index in [1.54, 1.807) is 12.7 Å². The molecule has 2 aromatic heterocycles. The normalized spacial score (nSPS) is 14.5. The number of primary amides is 1. The summed E-state index contributed by atoms with van der Waals surface area (Å²) in [6.45, 7) is 11.7. The highest BCUT2D eigenvalue weighted by Gasteiger charge is 2.23. The number of H-pyrrole nitrogens is 2. The topological polar surface area (TPSA) is 221 Å². The molecule has 6 N–H and O–H groups in total. The van der Waals surface area contributed by atoms with Gasteiger partial charge in [0, 0.05) is 71.0 Å². The number of amides is 3. The van der Waals surface area contributed by atoms with Crippen molar-refractivity contribution in [3.8, 4) is 72.2 Å². The number of nitrogens with zero attached hydrogens (tertiary/aromatic N) is 4. The van der Waals surface area contributed by atoms with Crippen LogP contribution in [0.5, 0.6) is 0 Å². The highest BCUT2D eigenvalue weighted by molar-refractivity contribution is 5.90. The van der Waals surface area contributed by atoms with E-state index in [-0.39, 0.29) is 0 Å². The number of ether oxygens (including phenoxy) is 4. The summed E-state index contributed by atoms with van der Waals surface area (Å²) in [6.07, 6.45) is 43.5. The molecule has 3 aromatic carbocycles. The second-order valence-corrected chi connectivity index (χ2v) is 16.5. The van der Waals surface area contributed by atoms with Gasteiger partial charge in [-0.05, 0) is 123 Å². The van der Waals surface area contributed by atoms with Gasteiger partial charge >= 0.3 is 6.09 Å². The molecule has 0 aliphatic carbocycles. The summed E-state index contributed by atoms with van der Waals surface area (Å²) < 4.78 is 18.4. The lowest BCUT2D eigenvalue weighted by atomic mass is 9.95. The Kier molecular flexibility index (Phi) is 39.7. The summed E-state index contributed by atoms with van der Waals surface area (Å²) in [7, 11) is 4.04. The van der Waals surface area contributed by atoms with E-state index in [0.29, 0.717) is 30.1 Å². The minimum atomic E-state index is -0.745. The molecule has 5 aromatic rings. The zero-order chi connectivity index (χ0) is 56.1. The van der Waals surface area contributed by atoms with Crippen molar-refractivity contribution in [2.45, 2.75) is 90.9 Å². The van der Waals surface area contributed by atoms with E-state index in [0.717, 1.165) is 114 Å². The van der Waals surface area contributed by atoms with Gasteiger partial charge in [-0.1, -0.05) is 62.4 Å². The summed E-state index contributed by atoms with van der Waals surface area (Å²) in [4.78, 5) is 60.8. The van der Waals surface area contributed by atoms with Crippen LogP contribution in [0.25, 0.3) is 44.4 Å². The Morgan fingerprint density at radius 1 is 0.600 bits per heavy atom. The zero-order valence-corrected chi connectivity index (χ0v) is 45.1. The molecule has 3 amide bonds. The van der Waals surface area contributed by atoms with E-state index >= 15 is 0 Å². The molecule has 408 valence electrons. The number of nitrogens with one attached hydrogen (secondary N) is 2. The predicted octanol–water partition coefficient (Wildman–Crippen LogP) is 9.77. The first-order chi connectivity index (χ1) is 36.8. The maximum Gasteiger partial charge on any atom is 0.404 e. The summed E-state index contributed by atoms with van der Waals surface area (Å²) in [5, 5.41) is 2.44. The lowest BCUT2D eigenvalue weighted by Crippen LogP contribution is -2.37. The van der Waals surface area contributed by atoms with Crippen LogP contribution in [0.4, 0.5) is 4.79 Å². The predicted molar refractivity (Wildman–Crippen MR) is 303 cm³/mol. The number of fused-ring (bicyclic) bond motifs is 1. The fourth-order valence-electron chi connectivity index (χ4n) is 8.20. The van der Waals surface area contributed by atoms with Crippen molar-refractivity contribution in [1.82, 2.24) is 29.7 Å². The minimum Gasteiger partial charge on any atom is -0.471 e. The van der Waals surface area contributed by atoms with Crippen LogP contribution in [-0.2, 0) is 33.3 Å². The van der Waals surface area contributed by atoms with Gasteiger partial charge in [-0.3, -0.25) is 14.4 Å². The first kappa shape index (κ1) is 67.6. The average molecular weight is 1030 g/mol. The van der Waals surface area contributed by atoms with Gasteiger partial charge in [0.1, 0.15) is 0 Å². The van der Waals surface area contributed by atoms with Crippen LogP contribution in [-0.4, -0.2) is 128 Å². The molecular weight excluding hydrogens is 949 g/mol. The number of methoxy groups -OCH3 is 2. The second kappa shape index (κ2) is 44.1. The van der Waals surface area contributed by atoms with E-state index in [9.17, 15) is 14.4 Å². The molecule has 6 heterocycles. The Balaban J connectivity index is 0.000000972. The quantitative estimate of drug-likeness (QED) is 0.0846. The first-order valence-corrected chi connectivity index (χ1v) is 25.5. The molecule has 16 heteroatoms. The van der Waals surface area contributed by atoms with E-state index in [1.165, 1.54) is 81.7 Å².